The van der Waals surface area contributed by atoms with Crippen LogP contribution in [0.5, 0.6) is 0 Å². The Kier molecular flexibility index (Phi) is 27.7. The average molecular weight is 1480 g/mol. The van der Waals surface area contributed by atoms with Gasteiger partial charge >= 0.3 is 619 Å². The molecular weight excluding hydrogens is 1350 g/mol. The summed E-state index contributed by atoms with van der Waals surface area (Å²) in [5.74, 6) is -1.27. The van der Waals surface area contributed by atoms with E-state index in [2.05, 4.69) is 190 Å². The van der Waals surface area contributed by atoms with Gasteiger partial charge in [-0.2, -0.15) is 0 Å². The molecule has 8 aromatic carbocycles. The van der Waals surface area contributed by atoms with Gasteiger partial charge in [-0.25, -0.2) is 0 Å². The van der Waals surface area contributed by atoms with Crippen LogP contribution in [0, 0.1) is 71.0 Å². The van der Waals surface area contributed by atoms with Crippen LogP contribution >= 0.6 is 0 Å². The molecule has 0 unspecified atom stereocenters. The van der Waals surface area contributed by atoms with Gasteiger partial charge in [0.25, 0.3) is 0 Å². The van der Waals surface area contributed by atoms with Crippen molar-refractivity contribution in [3.8, 4) is 0 Å². The van der Waals surface area contributed by atoms with Crippen molar-refractivity contribution in [1.82, 2.24) is 0 Å². The Bertz CT molecular complexity index is 3720. The van der Waals surface area contributed by atoms with Crippen molar-refractivity contribution in [3.05, 3.63) is 186 Å². The summed E-state index contributed by atoms with van der Waals surface area (Å²) in [6.45, 7) is 52.9. The van der Waals surface area contributed by atoms with E-state index in [1.165, 1.54) is 22.3 Å². The molecular formula is C92H124O8Sn. The first-order valence-corrected chi connectivity index (χ1v) is 43.4. The summed E-state index contributed by atoms with van der Waals surface area (Å²) in [6, 6.07) is 32.2. The van der Waals surface area contributed by atoms with Crippen LogP contribution in [-0.4, -0.2) is 43.9 Å². The van der Waals surface area contributed by atoms with Crippen molar-refractivity contribution in [3.63, 3.8) is 0 Å². The van der Waals surface area contributed by atoms with Crippen LogP contribution in [0.15, 0.2) is 97.1 Å². The van der Waals surface area contributed by atoms with Crippen molar-refractivity contribution in [2.75, 3.05) is 0 Å². The zero-order valence-electron chi connectivity index (χ0n) is 66.4. The molecule has 8 rings (SSSR count). The second kappa shape index (κ2) is 34.8. The molecule has 101 heavy (non-hydrogen) atoms. The second-order valence-electron chi connectivity index (χ2n) is 34.7. The van der Waals surface area contributed by atoms with E-state index in [1.807, 2.05) is 72.8 Å². The molecule has 0 aliphatic carbocycles. The molecule has 0 saturated carbocycles. The molecule has 0 aromatic heterocycles. The Morgan fingerprint density at radius 1 is 0.208 bits per heavy atom. The van der Waals surface area contributed by atoms with Gasteiger partial charge in [-0.05, 0) is 0 Å². The number of carbonyl (C=O) groups is 4. The number of fused-ring (bicyclic) bond motifs is 4. The van der Waals surface area contributed by atoms with Gasteiger partial charge in [0.15, 0.2) is 0 Å². The van der Waals surface area contributed by atoms with Gasteiger partial charge in [-0.15, -0.1) is 0 Å². The summed E-state index contributed by atoms with van der Waals surface area (Å²) in [5, 5.41) is 6.33. The third-order valence-corrected chi connectivity index (χ3v) is 24.2. The van der Waals surface area contributed by atoms with Gasteiger partial charge in [-0.3, -0.25) is 0 Å². The fraction of sp³-hybridized carbons (Fsp3) is 0.522. The fourth-order valence-corrected chi connectivity index (χ4v) is 20.4. The van der Waals surface area contributed by atoms with Crippen LogP contribution in [0.4, 0.5) is 0 Å². The maximum atomic E-state index is 17.3. The molecule has 0 fully saturated rings. The third-order valence-electron chi connectivity index (χ3n) is 19.2. The third kappa shape index (κ3) is 19.3. The first-order chi connectivity index (χ1) is 47.6. The summed E-state index contributed by atoms with van der Waals surface area (Å²) < 4.78 is 29.9. The zero-order valence-corrected chi connectivity index (χ0v) is 69.3. The topological polar surface area (TPSA) is 105 Å². The molecule has 0 aliphatic heterocycles. The molecule has 8 aromatic rings. The summed E-state index contributed by atoms with van der Waals surface area (Å²) in [7, 11) is 0. The Balaban J connectivity index is 1.62. The predicted molar refractivity (Wildman–Crippen MR) is 426 cm³/mol. The van der Waals surface area contributed by atoms with Gasteiger partial charge in [0, 0.05) is 0 Å². The summed E-state index contributed by atoms with van der Waals surface area (Å²) in [6.07, 6.45) is 7.80. The molecule has 544 valence electrons. The van der Waals surface area contributed by atoms with E-state index in [0.29, 0.717) is 72.9 Å². The number of carbonyl (C=O) groups excluding carboxylic acids is 4. The predicted octanol–water partition coefficient (Wildman–Crippen LogP) is 23.8. The van der Waals surface area contributed by atoms with Crippen molar-refractivity contribution in [2.45, 2.75) is 243 Å². The van der Waals surface area contributed by atoms with E-state index >= 15 is 19.2 Å². The Hall–Kier alpha value is -6.52. The van der Waals surface area contributed by atoms with Crippen LogP contribution in [-0.2, 0) is 89.3 Å². The number of benzene rings is 8. The first-order valence-electron chi connectivity index (χ1n) is 38.8. The quantitative estimate of drug-likeness (QED) is 0.0384. The van der Waals surface area contributed by atoms with Gasteiger partial charge in [0.1, 0.15) is 0 Å². The summed E-state index contributed by atoms with van der Waals surface area (Å²) in [4.78, 5) is 69.2. The van der Waals surface area contributed by atoms with E-state index in [0.717, 1.165) is 91.7 Å². The van der Waals surface area contributed by atoms with E-state index in [1.54, 1.807) is 0 Å². The van der Waals surface area contributed by atoms with E-state index < -0.39 is 43.9 Å². The van der Waals surface area contributed by atoms with Gasteiger partial charge in [0.05, 0.1) is 0 Å². The van der Waals surface area contributed by atoms with Crippen LogP contribution in [0.1, 0.15) is 274 Å². The Labute approximate surface area is 614 Å². The fourth-order valence-electron chi connectivity index (χ4n) is 15.9. The van der Waals surface area contributed by atoms with Crippen LogP contribution in [0.2, 0.25) is 0 Å². The normalized spacial score (nSPS) is 12.5. The molecule has 0 heterocycles. The average Bonchev–Trinajstić information content (AvgIpc) is 0.753. The monoisotopic (exact) mass is 1480 g/mol. The van der Waals surface area contributed by atoms with Crippen molar-refractivity contribution in [1.29, 1.82) is 0 Å². The van der Waals surface area contributed by atoms with E-state index in [9.17, 15) is 0 Å². The van der Waals surface area contributed by atoms with Crippen LogP contribution in [0.3, 0.4) is 0 Å². The number of rotatable bonds is 32. The van der Waals surface area contributed by atoms with E-state index in [-0.39, 0.29) is 93.3 Å². The van der Waals surface area contributed by atoms with Crippen LogP contribution < -0.4 is 0 Å². The van der Waals surface area contributed by atoms with Gasteiger partial charge in [0.2, 0.25) is 0 Å². The van der Waals surface area contributed by atoms with Crippen molar-refractivity contribution in [2.24, 2.45) is 71.0 Å². The number of hydrogen-bond acceptors (Lipinski definition) is 8. The molecule has 0 N–H and O–H groups in total. The molecule has 0 atom stereocenters. The second-order valence-corrected chi connectivity index (χ2v) is 39.8. The SMILES string of the molecule is CC(C)Cc1c(CC(C)C)c(C(=O)[O][Sn]([O]C(=O)c2c(CC(C)C)c(CC(C)C)c(CC(C)C)c3ccccc23)([O]C(=O)c2c(CC(C)C)c(CC(C)C)c(CC(C)C)c3ccccc23)[O]C(=O)c2c(CC(C)C)c(CC(C)C)c(CC(C)C)c3ccccc23)c2ccccc2c1CC(C)C. The first kappa shape index (κ1) is 80.2. The maximum absolute atomic E-state index is 17.3. The molecule has 0 bridgehead atoms. The minimum absolute atomic E-state index is 0.0753. The standard InChI is InChI=1S/4C23H32O2.Sn/c4*1-14(2)11-19-17-9-7-8-10-18(17)22(23(24)25)21(13-16(5)6)20(19)12-15(3)4;/h4*7-10,14-16H,11-13H2,1-6H3,(H,24,25);/q;;;;+4/p-4. The summed E-state index contributed by atoms with van der Waals surface area (Å²) in [5.41, 5.74) is 13.5. The molecule has 8 nitrogen and oxygen atoms in total. The van der Waals surface area contributed by atoms with Crippen molar-refractivity contribution >= 4 is 87.0 Å². The molecule has 9 heteroatoms. The molecule has 0 amide bonds. The van der Waals surface area contributed by atoms with Gasteiger partial charge in [-0.1, -0.05) is 0 Å². The summed E-state index contributed by atoms with van der Waals surface area (Å²) >= 11 is -7.46. The molecule has 0 spiro atoms. The minimum atomic E-state index is -7.46. The van der Waals surface area contributed by atoms with Crippen LogP contribution in [0.25, 0.3) is 43.1 Å². The van der Waals surface area contributed by atoms with Gasteiger partial charge < -0.3 is 0 Å². The zero-order chi connectivity index (χ0) is 74.2. The van der Waals surface area contributed by atoms with Crippen molar-refractivity contribution < 1.29 is 31.5 Å². The molecule has 0 saturated heterocycles. The molecule has 0 aliphatic rings. The Morgan fingerprint density at radius 3 is 0.485 bits per heavy atom. The molecule has 0 radical (unpaired) electrons. The number of hydrogen-bond donors (Lipinski definition) is 0. The van der Waals surface area contributed by atoms with E-state index in [4.69, 9.17) is 12.3 Å². The Morgan fingerprint density at radius 2 is 0.337 bits per heavy atom.